The standard InChI is InChI=1S/C14H23N3O/c1-2-4-12(5-3-1)18-9-8-17-11-16-13-10-15-7-6-14(13)17/h11-12,15H,1-10H2. The maximum Gasteiger partial charge on any atom is 0.0953 e. The van der Waals surface area contributed by atoms with Gasteiger partial charge in [-0.15, -0.1) is 0 Å². The van der Waals surface area contributed by atoms with E-state index in [-0.39, 0.29) is 0 Å². The lowest BCUT2D eigenvalue weighted by atomic mass is 9.98. The van der Waals surface area contributed by atoms with E-state index in [2.05, 4.69) is 14.9 Å². The largest absolute Gasteiger partial charge is 0.376 e. The number of ether oxygens (including phenoxy) is 1. The van der Waals surface area contributed by atoms with E-state index in [4.69, 9.17) is 4.74 Å². The van der Waals surface area contributed by atoms with Gasteiger partial charge in [0, 0.05) is 31.7 Å². The summed E-state index contributed by atoms with van der Waals surface area (Å²) in [5.41, 5.74) is 2.62. The topological polar surface area (TPSA) is 39.1 Å². The van der Waals surface area contributed by atoms with Crippen LogP contribution in [0.25, 0.3) is 0 Å². The lowest BCUT2D eigenvalue weighted by Crippen LogP contribution is -2.26. The molecular weight excluding hydrogens is 226 g/mol. The van der Waals surface area contributed by atoms with Gasteiger partial charge >= 0.3 is 0 Å². The Morgan fingerprint density at radius 2 is 2.22 bits per heavy atom. The van der Waals surface area contributed by atoms with Crippen LogP contribution in [0.5, 0.6) is 0 Å². The van der Waals surface area contributed by atoms with Crippen molar-refractivity contribution in [2.75, 3.05) is 13.2 Å². The third-order valence-corrected chi connectivity index (χ3v) is 4.10. The van der Waals surface area contributed by atoms with Gasteiger partial charge in [-0.3, -0.25) is 0 Å². The fraction of sp³-hybridized carbons (Fsp3) is 0.786. The van der Waals surface area contributed by atoms with Crippen molar-refractivity contribution in [3.63, 3.8) is 0 Å². The van der Waals surface area contributed by atoms with E-state index in [1.165, 1.54) is 43.5 Å². The predicted molar refractivity (Wildman–Crippen MR) is 70.5 cm³/mol. The Labute approximate surface area is 109 Å². The van der Waals surface area contributed by atoms with Crippen LogP contribution >= 0.6 is 0 Å². The van der Waals surface area contributed by atoms with Crippen molar-refractivity contribution in [3.8, 4) is 0 Å². The van der Waals surface area contributed by atoms with Crippen LogP contribution in [0, 0.1) is 0 Å². The van der Waals surface area contributed by atoms with E-state index in [1.54, 1.807) is 0 Å². The summed E-state index contributed by atoms with van der Waals surface area (Å²) >= 11 is 0. The number of nitrogens with one attached hydrogen (secondary N) is 1. The van der Waals surface area contributed by atoms with Gasteiger partial charge in [0.2, 0.25) is 0 Å². The van der Waals surface area contributed by atoms with Crippen molar-refractivity contribution in [1.29, 1.82) is 0 Å². The van der Waals surface area contributed by atoms with Gasteiger partial charge in [-0.2, -0.15) is 0 Å². The Kier molecular flexibility index (Phi) is 3.96. The first-order valence-corrected chi connectivity index (χ1v) is 7.28. The summed E-state index contributed by atoms with van der Waals surface area (Å²) in [5.74, 6) is 0. The quantitative estimate of drug-likeness (QED) is 0.885. The van der Waals surface area contributed by atoms with E-state index in [0.29, 0.717) is 6.10 Å². The molecule has 0 unspecified atom stereocenters. The first-order chi connectivity index (χ1) is 8.93. The molecule has 0 spiro atoms. The lowest BCUT2D eigenvalue weighted by molar-refractivity contribution is 0.0238. The van der Waals surface area contributed by atoms with E-state index in [0.717, 1.165) is 32.7 Å². The molecule has 0 bridgehead atoms. The number of imidazole rings is 1. The van der Waals surface area contributed by atoms with Crippen LogP contribution in [-0.4, -0.2) is 28.8 Å². The van der Waals surface area contributed by atoms with Crippen LogP contribution in [0.1, 0.15) is 43.5 Å². The molecule has 2 heterocycles. The molecule has 0 aromatic carbocycles. The molecule has 1 aromatic rings. The molecule has 4 heteroatoms. The van der Waals surface area contributed by atoms with Crippen molar-refractivity contribution in [2.45, 2.75) is 57.7 Å². The zero-order chi connectivity index (χ0) is 12.2. The molecule has 0 radical (unpaired) electrons. The summed E-state index contributed by atoms with van der Waals surface area (Å²) < 4.78 is 8.26. The number of hydrogen-bond donors (Lipinski definition) is 1. The second-order valence-electron chi connectivity index (χ2n) is 5.39. The van der Waals surface area contributed by atoms with Gasteiger partial charge in [0.15, 0.2) is 0 Å². The molecule has 1 aliphatic heterocycles. The van der Waals surface area contributed by atoms with Gasteiger partial charge in [-0.05, 0) is 12.8 Å². The van der Waals surface area contributed by atoms with Gasteiger partial charge in [-0.1, -0.05) is 19.3 Å². The third-order valence-electron chi connectivity index (χ3n) is 4.10. The Bertz CT molecular complexity index is 382. The molecule has 3 rings (SSSR count). The number of nitrogens with zero attached hydrogens (tertiary/aromatic N) is 2. The van der Waals surface area contributed by atoms with E-state index < -0.39 is 0 Å². The minimum absolute atomic E-state index is 0.514. The molecule has 4 nitrogen and oxygen atoms in total. The Morgan fingerprint density at radius 1 is 1.33 bits per heavy atom. The van der Waals surface area contributed by atoms with Crippen molar-refractivity contribution in [3.05, 3.63) is 17.7 Å². The Hall–Kier alpha value is -0.870. The normalized spacial score (nSPS) is 20.9. The predicted octanol–water partition coefficient (Wildman–Crippen LogP) is 1.88. The van der Waals surface area contributed by atoms with Gasteiger partial charge < -0.3 is 14.6 Å². The highest BCUT2D eigenvalue weighted by Gasteiger charge is 2.16. The van der Waals surface area contributed by atoms with Crippen molar-refractivity contribution in [2.24, 2.45) is 0 Å². The molecule has 100 valence electrons. The van der Waals surface area contributed by atoms with Crippen molar-refractivity contribution in [1.82, 2.24) is 14.9 Å². The van der Waals surface area contributed by atoms with Gasteiger partial charge in [0.1, 0.15) is 0 Å². The highest BCUT2D eigenvalue weighted by Crippen LogP contribution is 2.20. The molecule has 0 amide bonds. The van der Waals surface area contributed by atoms with Crippen molar-refractivity contribution >= 4 is 0 Å². The SMILES string of the molecule is c1nc2c(n1CCOC1CCCCC1)CCNC2. The number of fused-ring (bicyclic) bond motifs is 1. The van der Waals surface area contributed by atoms with Crippen LogP contribution in [0.2, 0.25) is 0 Å². The lowest BCUT2D eigenvalue weighted by Gasteiger charge is -2.22. The summed E-state index contributed by atoms with van der Waals surface area (Å²) in [6.07, 6.45) is 10.2. The van der Waals surface area contributed by atoms with E-state index in [9.17, 15) is 0 Å². The van der Waals surface area contributed by atoms with Crippen LogP contribution in [-0.2, 0) is 24.2 Å². The monoisotopic (exact) mass is 249 g/mol. The molecule has 1 aromatic heterocycles. The molecule has 0 saturated heterocycles. The van der Waals surface area contributed by atoms with Gasteiger partial charge in [0.25, 0.3) is 0 Å². The van der Waals surface area contributed by atoms with Crippen LogP contribution in [0.15, 0.2) is 6.33 Å². The summed E-state index contributed by atoms with van der Waals surface area (Å²) in [5, 5.41) is 3.35. The average molecular weight is 249 g/mol. The Morgan fingerprint density at radius 3 is 3.11 bits per heavy atom. The number of hydrogen-bond acceptors (Lipinski definition) is 3. The summed E-state index contributed by atoms with van der Waals surface area (Å²) in [6, 6.07) is 0. The van der Waals surface area contributed by atoms with Gasteiger partial charge in [0.05, 0.1) is 24.7 Å². The van der Waals surface area contributed by atoms with Crippen LogP contribution < -0.4 is 5.32 Å². The fourth-order valence-electron chi connectivity index (χ4n) is 3.04. The summed E-state index contributed by atoms with van der Waals surface area (Å²) in [4.78, 5) is 4.47. The molecule has 2 aliphatic rings. The average Bonchev–Trinajstić information content (AvgIpc) is 2.84. The number of rotatable bonds is 4. The van der Waals surface area contributed by atoms with Gasteiger partial charge in [-0.25, -0.2) is 4.98 Å². The molecular formula is C14H23N3O. The number of aromatic nitrogens is 2. The molecule has 1 fully saturated rings. The zero-order valence-corrected chi connectivity index (χ0v) is 11.0. The first kappa shape index (κ1) is 12.2. The minimum Gasteiger partial charge on any atom is -0.376 e. The Balaban J connectivity index is 1.49. The van der Waals surface area contributed by atoms with Crippen molar-refractivity contribution < 1.29 is 4.74 Å². The molecule has 1 aliphatic carbocycles. The minimum atomic E-state index is 0.514. The second-order valence-corrected chi connectivity index (χ2v) is 5.39. The summed E-state index contributed by atoms with van der Waals surface area (Å²) in [7, 11) is 0. The highest BCUT2D eigenvalue weighted by molar-refractivity contribution is 5.16. The third kappa shape index (κ3) is 2.75. The van der Waals surface area contributed by atoms with Crippen LogP contribution in [0.3, 0.4) is 0 Å². The molecule has 0 atom stereocenters. The molecule has 1 saturated carbocycles. The maximum atomic E-state index is 5.98. The second kappa shape index (κ2) is 5.85. The van der Waals surface area contributed by atoms with E-state index in [1.807, 2.05) is 6.33 Å². The van der Waals surface area contributed by atoms with Crippen LogP contribution in [0.4, 0.5) is 0 Å². The first-order valence-electron chi connectivity index (χ1n) is 7.28. The maximum absolute atomic E-state index is 5.98. The smallest absolute Gasteiger partial charge is 0.0953 e. The van der Waals surface area contributed by atoms with E-state index >= 15 is 0 Å². The molecule has 18 heavy (non-hydrogen) atoms. The molecule has 1 N–H and O–H groups in total. The fourth-order valence-corrected chi connectivity index (χ4v) is 3.04. The summed E-state index contributed by atoms with van der Waals surface area (Å²) in [6.45, 7) is 3.79. The zero-order valence-electron chi connectivity index (χ0n) is 11.0. The highest BCUT2D eigenvalue weighted by atomic mass is 16.5.